The van der Waals surface area contributed by atoms with Crippen molar-refractivity contribution in [3.05, 3.63) is 35.5 Å². The zero-order valence-electron chi connectivity index (χ0n) is 6.70. The van der Waals surface area contributed by atoms with E-state index in [-0.39, 0.29) is 0 Å². The molecule has 0 saturated carbocycles. The van der Waals surface area contributed by atoms with Crippen molar-refractivity contribution >= 4 is 10.9 Å². The third kappa shape index (κ3) is 0.953. The zero-order valence-corrected chi connectivity index (χ0v) is 6.70. The molecule has 0 fully saturated rings. The Labute approximate surface area is 74.8 Å². The summed E-state index contributed by atoms with van der Waals surface area (Å²) in [6, 6.07) is 11.4. The van der Waals surface area contributed by atoms with E-state index in [0.717, 1.165) is 10.9 Å². The molecule has 2 aromatic rings. The fourth-order valence-corrected chi connectivity index (χ4v) is 1.34. The number of nitriles is 2. The first-order valence-corrected chi connectivity index (χ1v) is 3.77. The summed E-state index contributed by atoms with van der Waals surface area (Å²) in [7, 11) is 0. The largest absolute Gasteiger partial charge is 0.345 e. The summed E-state index contributed by atoms with van der Waals surface area (Å²) >= 11 is 0. The van der Waals surface area contributed by atoms with Crippen LogP contribution in [0.25, 0.3) is 10.9 Å². The number of aromatic nitrogens is 1. The Hall–Kier alpha value is -2.26. The van der Waals surface area contributed by atoms with E-state index in [4.69, 9.17) is 10.5 Å². The van der Waals surface area contributed by atoms with Crippen molar-refractivity contribution in [2.75, 3.05) is 0 Å². The topological polar surface area (TPSA) is 63.4 Å². The highest BCUT2D eigenvalue weighted by Gasteiger charge is 2.08. The van der Waals surface area contributed by atoms with E-state index >= 15 is 0 Å². The van der Waals surface area contributed by atoms with Gasteiger partial charge in [-0.2, -0.15) is 10.5 Å². The maximum atomic E-state index is 8.82. The fourth-order valence-electron chi connectivity index (χ4n) is 1.34. The molecule has 0 unspecified atom stereocenters. The van der Waals surface area contributed by atoms with Crippen molar-refractivity contribution in [2.45, 2.75) is 0 Å². The van der Waals surface area contributed by atoms with Crippen molar-refractivity contribution in [3.63, 3.8) is 0 Å². The van der Waals surface area contributed by atoms with Gasteiger partial charge in [0.15, 0.2) is 0 Å². The van der Waals surface area contributed by atoms with Gasteiger partial charge >= 0.3 is 0 Å². The predicted molar refractivity (Wildman–Crippen MR) is 47.7 cm³/mol. The number of para-hydroxylation sites is 1. The van der Waals surface area contributed by atoms with Gasteiger partial charge in [0.1, 0.15) is 17.8 Å². The molecule has 1 heterocycles. The summed E-state index contributed by atoms with van der Waals surface area (Å²) in [6.07, 6.45) is 0. The number of hydrogen-bond acceptors (Lipinski definition) is 2. The summed E-state index contributed by atoms with van der Waals surface area (Å²) in [5.41, 5.74) is 1.59. The van der Waals surface area contributed by atoms with Crippen LogP contribution in [-0.4, -0.2) is 4.98 Å². The quantitative estimate of drug-likeness (QED) is 0.651. The summed E-state index contributed by atoms with van der Waals surface area (Å²) in [4.78, 5) is 2.88. The van der Waals surface area contributed by atoms with Gasteiger partial charge in [-0.15, -0.1) is 0 Å². The SMILES string of the molecule is N#Cc1[nH]c2ccccc2c1C#N. The van der Waals surface area contributed by atoms with Crippen LogP contribution in [0.2, 0.25) is 0 Å². The molecule has 1 aromatic heterocycles. The third-order valence-corrected chi connectivity index (χ3v) is 1.93. The van der Waals surface area contributed by atoms with Gasteiger partial charge in [0.25, 0.3) is 0 Å². The summed E-state index contributed by atoms with van der Waals surface area (Å²) in [5, 5.41) is 18.3. The Morgan fingerprint density at radius 1 is 1.08 bits per heavy atom. The number of rotatable bonds is 0. The van der Waals surface area contributed by atoms with Crippen molar-refractivity contribution < 1.29 is 0 Å². The molecule has 0 radical (unpaired) electrons. The number of aromatic amines is 1. The van der Waals surface area contributed by atoms with E-state index in [1.165, 1.54) is 0 Å². The molecule has 2 rings (SSSR count). The maximum absolute atomic E-state index is 8.82. The molecule has 0 aliphatic rings. The maximum Gasteiger partial charge on any atom is 0.136 e. The van der Waals surface area contributed by atoms with E-state index in [9.17, 15) is 0 Å². The molecular weight excluding hydrogens is 162 g/mol. The Morgan fingerprint density at radius 2 is 1.85 bits per heavy atom. The van der Waals surface area contributed by atoms with Crippen LogP contribution in [-0.2, 0) is 0 Å². The van der Waals surface area contributed by atoms with Gasteiger partial charge in [0.05, 0.1) is 5.56 Å². The highest BCUT2D eigenvalue weighted by Crippen LogP contribution is 2.20. The lowest BCUT2D eigenvalue weighted by molar-refractivity contribution is 1.35. The second kappa shape index (κ2) is 2.66. The number of hydrogen-bond donors (Lipinski definition) is 1. The molecule has 60 valence electrons. The second-order valence-corrected chi connectivity index (χ2v) is 2.64. The number of benzene rings is 1. The smallest absolute Gasteiger partial charge is 0.136 e. The minimum Gasteiger partial charge on any atom is -0.345 e. The molecule has 0 bridgehead atoms. The van der Waals surface area contributed by atoms with Crippen molar-refractivity contribution in [3.8, 4) is 12.1 Å². The van der Waals surface area contributed by atoms with Crippen LogP contribution < -0.4 is 0 Å². The van der Waals surface area contributed by atoms with Crippen LogP contribution in [0.5, 0.6) is 0 Å². The minimum atomic E-state index is 0.337. The predicted octanol–water partition coefficient (Wildman–Crippen LogP) is 1.91. The van der Waals surface area contributed by atoms with Gasteiger partial charge in [-0.25, -0.2) is 0 Å². The van der Waals surface area contributed by atoms with Gasteiger partial charge in [-0.05, 0) is 6.07 Å². The normalized spacial score (nSPS) is 9.38. The average molecular weight is 167 g/mol. The Bertz CT molecular complexity index is 537. The lowest BCUT2D eigenvalue weighted by Crippen LogP contribution is -1.76. The minimum absolute atomic E-state index is 0.337. The van der Waals surface area contributed by atoms with Gasteiger partial charge in [0, 0.05) is 10.9 Å². The first kappa shape index (κ1) is 7.39. The number of H-pyrrole nitrogens is 1. The molecular formula is C10H5N3. The third-order valence-electron chi connectivity index (χ3n) is 1.93. The molecule has 13 heavy (non-hydrogen) atoms. The van der Waals surface area contributed by atoms with E-state index in [1.807, 2.05) is 36.4 Å². The Morgan fingerprint density at radius 3 is 2.54 bits per heavy atom. The van der Waals surface area contributed by atoms with Gasteiger partial charge in [-0.1, -0.05) is 18.2 Å². The van der Waals surface area contributed by atoms with Crippen LogP contribution in [0.15, 0.2) is 24.3 Å². The van der Waals surface area contributed by atoms with Crippen LogP contribution in [0, 0.1) is 22.7 Å². The van der Waals surface area contributed by atoms with E-state index in [2.05, 4.69) is 4.98 Å². The molecule has 0 atom stereocenters. The lowest BCUT2D eigenvalue weighted by Gasteiger charge is -1.85. The molecule has 3 nitrogen and oxygen atoms in total. The van der Waals surface area contributed by atoms with Crippen LogP contribution >= 0.6 is 0 Å². The highest BCUT2D eigenvalue weighted by molar-refractivity contribution is 5.88. The summed E-state index contributed by atoms with van der Waals surface area (Å²) in [5.74, 6) is 0. The lowest BCUT2D eigenvalue weighted by atomic mass is 10.1. The second-order valence-electron chi connectivity index (χ2n) is 2.64. The van der Waals surface area contributed by atoms with Crippen molar-refractivity contribution in [1.29, 1.82) is 10.5 Å². The molecule has 0 amide bonds. The molecule has 1 aromatic carbocycles. The molecule has 1 N–H and O–H groups in total. The summed E-state index contributed by atoms with van der Waals surface area (Å²) in [6.45, 7) is 0. The van der Waals surface area contributed by atoms with Gasteiger partial charge in [-0.3, -0.25) is 0 Å². The number of nitrogens with zero attached hydrogens (tertiary/aromatic N) is 2. The molecule has 0 aliphatic heterocycles. The monoisotopic (exact) mass is 167 g/mol. The van der Waals surface area contributed by atoms with Crippen LogP contribution in [0.3, 0.4) is 0 Å². The van der Waals surface area contributed by atoms with Gasteiger partial charge in [0.2, 0.25) is 0 Å². The standard InChI is InChI=1S/C10H5N3/c11-5-8-7-3-1-2-4-9(7)13-10(8)6-12/h1-4,13H. The molecule has 0 aliphatic carbocycles. The van der Waals surface area contributed by atoms with Crippen molar-refractivity contribution in [2.24, 2.45) is 0 Å². The highest BCUT2D eigenvalue weighted by atomic mass is 14.7. The van der Waals surface area contributed by atoms with E-state index in [1.54, 1.807) is 0 Å². The number of nitrogens with one attached hydrogen (secondary N) is 1. The Balaban J connectivity index is 2.93. The fraction of sp³-hybridized carbons (Fsp3) is 0. The average Bonchev–Trinajstić information content (AvgIpc) is 2.55. The molecule has 0 spiro atoms. The summed E-state index contributed by atoms with van der Waals surface area (Å²) < 4.78 is 0. The zero-order chi connectivity index (χ0) is 9.26. The Kier molecular flexibility index (Phi) is 1.51. The first-order chi connectivity index (χ1) is 6.36. The number of fused-ring (bicyclic) bond motifs is 1. The van der Waals surface area contributed by atoms with Gasteiger partial charge < -0.3 is 4.98 Å². The van der Waals surface area contributed by atoms with Crippen molar-refractivity contribution in [1.82, 2.24) is 4.98 Å². The van der Waals surface area contributed by atoms with Crippen LogP contribution in [0.4, 0.5) is 0 Å². The first-order valence-electron chi connectivity index (χ1n) is 3.77. The molecule has 3 heteroatoms. The van der Waals surface area contributed by atoms with E-state index < -0.39 is 0 Å². The van der Waals surface area contributed by atoms with E-state index in [0.29, 0.717) is 11.3 Å². The van der Waals surface area contributed by atoms with Crippen LogP contribution in [0.1, 0.15) is 11.3 Å². The molecule has 0 saturated heterocycles.